The second-order valence-corrected chi connectivity index (χ2v) is 6.62. The maximum Gasteiger partial charge on any atom is 0.277 e. The second-order valence-electron chi connectivity index (χ2n) is 6.62. The molecule has 0 aliphatic heterocycles. The van der Waals surface area contributed by atoms with E-state index in [2.05, 4.69) is 25.9 Å². The van der Waals surface area contributed by atoms with Crippen LogP contribution >= 0.6 is 0 Å². The molecular weight excluding hydrogens is 418 g/mol. The first-order chi connectivity index (χ1) is 15.2. The highest BCUT2D eigenvalue weighted by molar-refractivity contribution is 6.05. The summed E-state index contributed by atoms with van der Waals surface area (Å²) in [6.45, 7) is 4.46. The topological polar surface area (TPSA) is 165 Å². The molecule has 1 aromatic heterocycles. The van der Waals surface area contributed by atoms with Crippen LogP contribution in [-0.4, -0.2) is 32.3 Å². The minimum atomic E-state index is -0.791. The van der Waals surface area contributed by atoms with Gasteiger partial charge in [0.2, 0.25) is 0 Å². The van der Waals surface area contributed by atoms with Gasteiger partial charge in [-0.05, 0) is 38.1 Å². The average molecular weight is 437 g/mol. The van der Waals surface area contributed by atoms with Gasteiger partial charge in [-0.25, -0.2) is 9.97 Å². The molecule has 0 fully saturated rings. The molecule has 32 heavy (non-hydrogen) atoms. The van der Waals surface area contributed by atoms with E-state index < -0.39 is 27.1 Å². The average Bonchev–Trinajstić information content (AvgIpc) is 2.74. The monoisotopic (exact) mass is 437 g/mol. The van der Waals surface area contributed by atoms with Crippen LogP contribution in [-0.2, 0) is 0 Å². The highest BCUT2D eigenvalue weighted by atomic mass is 16.6. The van der Waals surface area contributed by atoms with E-state index >= 15 is 0 Å². The van der Waals surface area contributed by atoms with Crippen molar-refractivity contribution in [2.75, 3.05) is 22.5 Å². The normalized spacial score (nSPS) is 10.3. The molecule has 3 rings (SSSR count). The van der Waals surface area contributed by atoms with Crippen LogP contribution < -0.4 is 16.0 Å². The molecule has 2 aromatic carbocycles. The first kappa shape index (κ1) is 22.1. The molecule has 164 valence electrons. The molecular formula is C20H19N7O5. The summed E-state index contributed by atoms with van der Waals surface area (Å²) >= 11 is 0. The molecule has 0 atom stereocenters. The van der Waals surface area contributed by atoms with Crippen molar-refractivity contribution in [2.45, 2.75) is 13.8 Å². The van der Waals surface area contributed by atoms with Crippen molar-refractivity contribution in [3.05, 3.63) is 80.1 Å². The van der Waals surface area contributed by atoms with Gasteiger partial charge < -0.3 is 16.0 Å². The van der Waals surface area contributed by atoms with Crippen LogP contribution in [0.15, 0.2) is 48.5 Å². The summed E-state index contributed by atoms with van der Waals surface area (Å²) in [6, 6.07) is 11.2. The summed E-state index contributed by atoms with van der Waals surface area (Å²) in [4.78, 5) is 41.5. The Balaban J connectivity index is 1.74. The fourth-order valence-corrected chi connectivity index (χ4v) is 2.83. The van der Waals surface area contributed by atoms with Gasteiger partial charge in [-0.2, -0.15) is 0 Å². The first-order valence-electron chi connectivity index (χ1n) is 9.47. The molecule has 0 aliphatic rings. The first-order valence-corrected chi connectivity index (χ1v) is 9.47. The Bertz CT molecular complexity index is 1150. The Hall–Kier alpha value is -4.61. The van der Waals surface area contributed by atoms with Crippen LogP contribution in [0, 0.1) is 27.2 Å². The van der Waals surface area contributed by atoms with E-state index in [-0.39, 0.29) is 5.56 Å². The Labute approximate surface area is 182 Å². The van der Waals surface area contributed by atoms with Crippen LogP contribution in [0.2, 0.25) is 0 Å². The third-order valence-corrected chi connectivity index (χ3v) is 4.20. The predicted molar refractivity (Wildman–Crippen MR) is 118 cm³/mol. The molecule has 12 heteroatoms. The number of hydrogen-bond acceptors (Lipinski definition) is 9. The summed E-state index contributed by atoms with van der Waals surface area (Å²) in [5, 5.41) is 30.8. The van der Waals surface area contributed by atoms with Crippen LogP contribution in [0.1, 0.15) is 23.1 Å². The van der Waals surface area contributed by atoms with Gasteiger partial charge in [0.25, 0.3) is 17.3 Å². The van der Waals surface area contributed by atoms with Crippen molar-refractivity contribution in [3.8, 4) is 0 Å². The molecule has 0 saturated carbocycles. The quantitative estimate of drug-likeness (QED) is 0.348. The number of aromatic nitrogens is 2. The maximum atomic E-state index is 12.5. The SMILES string of the molecule is CCNc1cc(Nc2ccc(NC(=O)c3cc([N+](=O)[O-])cc([N+](=O)[O-])c3)cc2)nc(C)n1. The highest BCUT2D eigenvalue weighted by Gasteiger charge is 2.20. The van der Waals surface area contributed by atoms with Gasteiger partial charge >= 0.3 is 0 Å². The second kappa shape index (κ2) is 9.47. The Morgan fingerprint density at radius 2 is 1.47 bits per heavy atom. The van der Waals surface area contributed by atoms with E-state index in [0.29, 0.717) is 28.8 Å². The van der Waals surface area contributed by atoms with Gasteiger partial charge in [-0.15, -0.1) is 0 Å². The molecule has 3 aromatic rings. The summed E-state index contributed by atoms with van der Waals surface area (Å²) in [5.41, 5.74) is -0.168. The number of nitro groups is 2. The zero-order chi connectivity index (χ0) is 23.3. The Morgan fingerprint density at radius 3 is 2.03 bits per heavy atom. The van der Waals surface area contributed by atoms with Gasteiger partial charge in [0, 0.05) is 36.1 Å². The van der Waals surface area contributed by atoms with Gasteiger partial charge in [-0.3, -0.25) is 25.0 Å². The summed E-state index contributed by atoms with van der Waals surface area (Å²) in [7, 11) is 0. The molecule has 0 radical (unpaired) electrons. The predicted octanol–water partition coefficient (Wildman–Crippen LogP) is 4.03. The number of nitrogens with zero attached hydrogens (tertiary/aromatic N) is 4. The molecule has 12 nitrogen and oxygen atoms in total. The van der Waals surface area contributed by atoms with Gasteiger partial charge in [0.05, 0.1) is 21.5 Å². The van der Waals surface area contributed by atoms with E-state index in [0.717, 1.165) is 24.7 Å². The van der Waals surface area contributed by atoms with Crippen molar-refractivity contribution >= 4 is 40.3 Å². The van der Waals surface area contributed by atoms with Gasteiger partial charge in [0.15, 0.2) is 0 Å². The Morgan fingerprint density at radius 1 is 0.906 bits per heavy atom. The Kier molecular flexibility index (Phi) is 6.53. The zero-order valence-corrected chi connectivity index (χ0v) is 17.2. The minimum absolute atomic E-state index is 0.194. The van der Waals surface area contributed by atoms with E-state index in [9.17, 15) is 25.0 Å². The zero-order valence-electron chi connectivity index (χ0n) is 17.2. The smallest absolute Gasteiger partial charge is 0.277 e. The third-order valence-electron chi connectivity index (χ3n) is 4.20. The van der Waals surface area contributed by atoms with Crippen molar-refractivity contribution in [1.29, 1.82) is 0 Å². The number of nitro benzene ring substituents is 2. The van der Waals surface area contributed by atoms with Crippen LogP contribution in [0.3, 0.4) is 0 Å². The van der Waals surface area contributed by atoms with Crippen LogP contribution in [0.25, 0.3) is 0 Å². The lowest BCUT2D eigenvalue weighted by Gasteiger charge is -2.10. The number of anilines is 4. The molecule has 1 amide bonds. The summed E-state index contributed by atoms with van der Waals surface area (Å²) < 4.78 is 0. The van der Waals surface area contributed by atoms with E-state index in [1.165, 1.54) is 0 Å². The number of benzene rings is 2. The van der Waals surface area contributed by atoms with Crippen molar-refractivity contribution in [1.82, 2.24) is 9.97 Å². The fraction of sp³-hybridized carbons (Fsp3) is 0.150. The number of non-ortho nitro benzene ring substituents is 2. The number of nitrogens with one attached hydrogen (secondary N) is 3. The highest BCUT2D eigenvalue weighted by Crippen LogP contribution is 2.24. The lowest BCUT2D eigenvalue weighted by atomic mass is 10.1. The van der Waals surface area contributed by atoms with Crippen LogP contribution in [0.4, 0.5) is 34.4 Å². The number of amides is 1. The number of hydrogen-bond donors (Lipinski definition) is 3. The van der Waals surface area contributed by atoms with E-state index in [1.54, 1.807) is 37.3 Å². The number of carbonyl (C=O) groups excluding carboxylic acids is 1. The molecule has 1 heterocycles. The lowest BCUT2D eigenvalue weighted by molar-refractivity contribution is -0.394. The summed E-state index contributed by atoms with van der Waals surface area (Å²) in [5.74, 6) is 1.17. The van der Waals surface area contributed by atoms with E-state index in [4.69, 9.17) is 0 Å². The third kappa shape index (κ3) is 5.50. The molecule has 0 unspecified atom stereocenters. The standard InChI is InChI=1S/C20H19N7O5/c1-3-21-18-11-19(23-12(2)22-18)24-14-4-6-15(7-5-14)25-20(28)13-8-16(26(29)30)10-17(9-13)27(31)32/h4-11H,3H2,1-2H3,(H,25,28)(H2,21,22,23,24). The number of carbonyl (C=O) groups is 1. The number of rotatable bonds is 8. The van der Waals surface area contributed by atoms with E-state index in [1.807, 2.05) is 6.92 Å². The molecule has 0 aliphatic carbocycles. The molecule has 0 saturated heterocycles. The lowest BCUT2D eigenvalue weighted by Crippen LogP contribution is -2.12. The largest absolute Gasteiger partial charge is 0.370 e. The van der Waals surface area contributed by atoms with Gasteiger partial charge in [0.1, 0.15) is 17.5 Å². The summed E-state index contributed by atoms with van der Waals surface area (Å²) in [6.07, 6.45) is 0. The fourth-order valence-electron chi connectivity index (χ4n) is 2.83. The minimum Gasteiger partial charge on any atom is -0.370 e. The van der Waals surface area contributed by atoms with Crippen molar-refractivity contribution in [2.24, 2.45) is 0 Å². The molecule has 3 N–H and O–H groups in total. The maximum absolute atomic E-state index is 12.5. The van der Waals surface area contributed by atoms with Gasteiger partial charge in [-0.1, -0.05) is 0 Å². The van der Waals surface area contributed by atoms with Crippen molar-refractivity contribution < 1.29 is 14.6 Å². The number of aryl methyl sites for hydroxylation is 1. The molecule has 0 spiro atoms. The molecule has 0 bridgehead atoms. The van der Waals surface area contributed by atoms with Crippen molar-refractivity contribution in [3.63, 3.8) is 0 Å². The van der Waals surface area contributed by atoms with Crippen LogP contribution in [0.5, 0.6) is 0 Å².